The standard InChI is InChI=1S/C17H22N2O2/c1-13(15-3-5-16(21-2)6-4-15)11-17(20)19-9-7-14(12-18)8-10-19/h3-6,13-14H,7-11H2,1-2H3. The monoisotopic (exact) mass is 286 g/mol. The summed E-state index contributed by atoms with van der Waals surface area (Å²) in [6.45, 7) is 3.50. The van der Waals surface area contributed by atoms with E-state index < -0.39 is 0 Å². The van der Waals surface area contributed by atoms with Crippen LogP contribution in [0.2, 0.25) is 0 Å². The van der Waals surface area contributed by atoms with Crippen LogP contribution in [0.1, 0.15) is 37.7 Å². The van der Waals surface area contributed by atoms with E-state index in [0.717, 1.165) is 24.2 Å². The molecule has 1 aromatic carbocycles. The first-order chi connectivity index (χ1) is 10.1. The van der Waals surface area contributed by atoms with Gasteiger partial charge in [0.2, 0.25) is 5.91 Å². The number of nitriles is 1. The fourth-order valence-corrected chi connectivity index (χ4v) is 2.70. The predicted molar refractivity (Wildman–Crippen MR) is 80.9 cm³/mol. The molecule has 21 heavy (non-hydrogen) atoms. The number of methoxy groups -OCH3 is 1. The Morgan fingerprint density at radius 3 is 2.52 bits per heavy atom. The van der Waals surface area contributed by atoms with Crippen molar-refractivity contribution in [2.75, 3.05) is 20.2 Å². The Morgan fingerprint density at radius 1 is 1.38 bits per heavy atom. The zero-order valence-corrected chi connectivity index (χ0v) is 12.7. The van der Waals surface area contributed by atoms with Crippen LogP contribution in [-0.4, -0.2) is 31.0 Å². The van der Waals surface area contributed by atoms with Gasteiger partial charge in [-0.05, 0) is 36.5 Å². The maximum atomic E-state index is 12.3. The Morgan fingerprint density at radius 2 is 2.00 bits per heavy atom. The highest BCUT2D eigenvalue weighted by Gasteiger charge is 2.23. The molecule has 1 amide bonds. The number of hydrogen-bond donors (Lipinski definition) is 0. The summed E-state index contributed by atoms with van der Waals surface area (Å²) in [5.74, 6) is 1.33. The van der Waals surface area contributed by atoms with Crippen LogP contribution < -0.4 is 4.74 Å². The smallest absolute Gasteiger partial charge is 0.223 e. The molecule has 1 aliphatic heterocycles. The highest BCUT2D eigenvalue weighted by Crippen LogP contribution is 2.24. The Balaban J connectivity index is 1.88. The molecule has 1 atom stereocenters. The number of carbonyl (C=O) groups is 1. The van der Waals surface area contributed by atoms with Crippen molar-refractivity contribution in [1.29, 1.82) is 5.26 Å². The van der Waals surface area contributed by atoms with Gasteiger partial charge in [-0.1, -0.05) is 19.1 Å². The number of benzene rings is 1. The van der Waals surface area contributed by atoms with Gasteiger partial charge in [0, 0.05) is 25.4 Å². The molecule has 0 bridgehead atoms. The summed E-state index contributed by atoms with van der Waals surface area (Å²) in [5.41, 5.74) is 1.15. The molecule has 1 saturated heterocycles. The molecule has 0 spiro atoms. The quantitative estimate of drug-likeness (QED) is 0.855. The van der Waals surface area contributed by atoms with Crippen molar-refractivity contribution in [3.8, 4) is 11.8 Å². The highest BCUT2D eigenvalue weighted by atomic mass is 16.5. The van der Waals surface area contributed by atoms with Crippen molar-refractivity contribution < 1.29 is 9.53 Å². The lowest BCUT2D eigenvalue weighted by molar-refractivity contribution is -0.132. The normalized spacial score (nSPS) is 17.1. The predicted octanol–water partition coefficient (Wildman–Crippen LogP) is 2.95. The van der Waals surface area contributed by atoms with Gasteiger partial charge in [0.1, 0.15) is 5.75 Å². The van der Waals surface area contributed by atoms with Crippen LogP contribution in [0.5, 0.6) is 5.75 Å². The number of piperidine rings is 1. The van der Waals surface area contributed by atoms with Crippen molar-refractivity contribution in [3.05, 3.63) is 29.8 Å². The molecule has 1 fully saturated rings. The van der Waals surface area contributed by atoms with Crippen molar-refractivity contribution in [2.45, 2.75) is 32.1 Å². The number of rotatable bonds is 4. The number of hydrogen-bond acceptors (Lipinski definition) is 3. The van der Waals surface area contributed by atoms with Crippen LogP contribution in [-0.2, 0) is 4.79 Å². The maximum Gasteiger partial charge on any atom is 0.223 e. The SMILES string of the molecule is COc1ccc(C(C)CC(=O)N2CCC(C#N)CC2)cc1. The summed E-state index contributed by atoms with van der Waals surface area (Å²) in [6.07, 6.45) is 2.13. The maximum absolute atomic E-state index is 12.3. The highest BCUT2D eigenvalue weighted by molar-refractivity contribution is 5.77. The van der Waals surface area contributed by atoms with Crippen molar-refractivity contribution in [2.24, 2.45) is 5.92 Å². The third-order valence-corrected chi connectivity index (χ3v) is 4.20. The topological polar surface area (TPSA) is 53.3 Å². The Hall–Kier alpha value is -2.02. The molecular weight excluding hydrogens is 264 g/mol. The van der Waals surface area contributed by atoms with Crippen LogP contribution in [0.4, 0.5) is 0 Å². The van der Waals surface area contributed by atoms with Gasteiger partial charge in [-0.25, -0.2) is 0 Å². The summed E-state index contributed by atoms with van der Waals surface area (Å²) in [4.78, 5) is 14.2. The zero-order chi connectivity index (χ0) is 15.2. The molecule has 1 heterocycles. The first-order valence-corrected chi connectivity index (χ1v) is 7.45. The first kappa shape index (κ1) is 15.4. The molecule has 4 nitrogen and oxygen atoms in total. The van der Waals surface area contributed by atoms with Crippen LogP contribution in [0.3, 0.4) is 0 Å². The molecule has 1 unspecified atom stereocenters. The minimum Gasteiger partial charge on any atom is -0.497 e. The Kier molecular flexibility index (Phi) is 5.21. The average Bonchev–Trinajstić information content (AvgIpc) is 2.55. The molecule has 4 heteroatoms. The molecule has 0 aromatic heterocycles. The molecule has 1 aromatic rings. The third kappa shape index (κ3) is 3.98. The Labute approximate surface area is 126 Å². The fourth-order valence-electron chi connectivity index (χ4n) is 2.70. The molecule has 0 aliphatic carbocycles. The van der Waals surface area contributed by atoms with E-state index in [1.54, 1.807) is 7.11 Å². The van der Waals surface area contributed by atoms with E-state index in [1.807, 2.05) is 29.2 Å². The van der Waals surface area contributed by atoms with E-state index in [-0.39, 0.29) is 17.7 Å². The van der Waals surface area contributed by atoms with Gasteiger partial charge in [-0.15, -0.1) is 0 Å². The molecular formula is C17H22N2O2. The van der Waals surface area contributed by atoms with Gasteiger partial charge in [0.15, 0.2) is 0 Å². The number of amides is 1. The largest absolute Gasteiger partial charge is 0.497 e. The van der Waals surface area contributed by atoms with E-state index in [9.17, 15) is 4.79 Å². The van der Waals surface area contributed by atoms with Crippen molar-refractivity contribution in [1.82, 2.24) is 4.90 Å². The molecule has 0 radical (unpaired) electrons. The first-order valence-electron chi connectivity index (χ1n) is 7.45. The number of carbonyl (C=O) groups excluding carboxylic acids is 1. The summed E-state index contributed by atoms with van der Waals surface area (Å²) < 4.78 is 5.14. The van der Waals surface area contributed by atoms with E-state index in [0.29, 0.717) is 19.5 Å². The van der Waals surface area contributed by atoms with E-state index in [4.69, 9.17) is 10.00 Å². The van der Waals surface area contributed by atoms with E-state index in [2.05, 4.69) is 13.0 Å². The van der Waals surface area contributed by atoms with E-state index >= 15 is 0 Å². The van der Waals surface area contributed by atoms with Gasteiger partial charge < -0.3 is 9.64 Å². The van der Waals surface area contributed by atoms with Crippen LogP contribution in [0, 0.1) is 17.2 Å². The number of ether oxygens (including phenoxy) is 1. The van der Waals surface area contributed by atoms with Gasteiger partial charge in [0.05, 0.1) is 13.2 Å². The van der Waals surface area contributed by atoms with Gasteiger partial charge in [-0.3, -0.25) is 4.79 Å². The minimum absolute atomic E-state index is 0.119. The van der Waals surface area contributed by atoms with Crippen molar-refractivity contribution >= 4 is 5.91 Å². The molecule has 0 N–H and O–H groups in total. The summed E-state index contributed by atoms with van der Waals surface area (Å²) in [5, 5.41) is 8.89. The number of likely N-dealkylation sites (tertiary alicyclic amines) is 1. The fraction of sp³-hybridized carbons (Fsp3) is 0.529. The zero-order valence-electron chi connectivity index (χ0n) is 12.7. The minimum atomic E-state index is 0.119. The lowest BCUT2D eigenvalue weighted by atomic mass is 9.95. The Bertz CT molecular complexity index is 511. The summed E-state index contributed by atoms with van der Waals surface area (Å²) in [6, 6.07) is 10.2. The number of nitrogens with zero attached hydrogens (tertiary/aromatic N) is 2. The van der Waals surface area contributed by atoms with Gasteiger partial charge >= 0.3 is 0 Å². The summed E-state index contributed by atoms with van der Waals surface area (Å²) >= 11 is 0. The lowest BCUT2D eigenvalue weighted by Crippen LogP contribution is -2.38. The lowest BCUT2D eigenvalue weighted by Gasteiger charge is -2.30. The molecule has 0 saturated carbocycles. The molecule has 1 aliphatic rings. The molecule has 2 rings (SSSR count). The van der Waals surface area contributed by atoms with Gasteiger partial charge in [0.25, 0.3) is 0 Å². The third-order valence-electron chi connectivity index (χ3n) is 4.20. The van der Waals surface area contributed by atoms with Crippen LogP contribution in [0.15, 0.2) is 24.3 Å². The summed E-state index contributed by atoms with van der Waals surface area (Å²) in [7, 11) is 1.65. The molecule has 112 valence electrons. The van der Waals surface area contributed by atoms with Crippen LogP contribution in [0.25, 0.3) is 0 Å². The van der Waals surface area contributed by atoms with E-state index in [1.165, 1.54) is 0 Å². The second-order valence-electron chi connectivity index (χ2n) is 5.66. The van der Waals surface area contributed by atoms with Gasteiger partial charge in [-0.2, -0.15) is 5.26 Å². The second-order valence-corrected chi connectivity index (χ2v) is 5.66. The van der Waals surface area contributed by atoms with Crippen LogP contribution >= 0.6 is 0 Å². The second kappa shape index (κ2) is 7.12. The average molecular weight is 286 g/mol. The van der Waals surface area contributed by atoms with Crippen molar-refractivity contribution in [3.63, 3.8) is 0 Å².